The second-order valence-corrected chi connectivity index (χ2v) is 6.31. The highest BCUT2D eigenvalue weighted by atomic mass is 35.5. The first-order chi connectivity index (χ1) is 8.65. The molecule has 0 saturated heterocycles. The van der Waals surface area contributed by atoms with Crippen LogP contribution in [-0.4, -0.2) is 30.2 Å². The number of hydrogen-bond donors (Lipinski definition) is 0. The van der Waals surface area contributed by atoms with Gasteiger partial charge in [-0.3, -0.25) is 4.21 Å². The number of fused-ring (bicyclic) bond motifs is 1. The van der Waals surface area contributed by atoms with E-state index in [1.165, 1.54) is 0 Å². The maximum Gasteiger partial charge on any atom is 0.160 e. The molecule has 0 radical (unpaired) electrons. The quantitative estimate of drug-likeness (QED) is 0.798. The third-order valence-corrected chi connectivity index (χ3v) is 4.34. The summed E-state index contributed by atoms with van der Waals surface area (Å²) < 4.78 is 13.4. The minimum atomic E-state index is -0.815. The van der Waals surface area contributed by atoms with Gasteiger partial charge in [0.25, 0.3) is 0 Å². The van der Waals surface area contributed by atoms with Crippen LogP contribution in [0.3, 0.4) is 0 Å². The standard InChI is InChI=1S/C11H13Cl2N3OS/c1-2-18(17)4-3-16-10(6-12)15-9-5-8(13)7-14-11(9)16/h5,7H,2-4,6H2,1H3. The van der Waals surface area contributed by atoms with E-state index < -0.39 is 10.8 Å². The van der Waals surface area contributed by atoms with E-state index >= 15 is 0 Å². The summed E-state index contributed by atoms with van der Waals surface area (Å²) in [5.74, 6) is 2.26. The average molecular weight is 306 g/mol. The second-order valence-electron chi connectivity index (χ2n) is 3.74. The molecule has 0 N–H and O–H groups in total. The lowest BCUT2D eigenvalue weighted by molar-refractivity contribution is 0.672. The summed E-state index contributed by atoms with van der Waals surface area (Å²) in [4.78, 5) is 8.64. The van der Waals surface area contributed by atoms with Gasteiger partial charge in [0.05, 0.1) is 10.9 Å². The molecule has 1 unspecified atom stereocenters. The summed E-state index contributed by atoms with van der Waals surface area (Å²) in [7, 11) is -0.815. The highest BCUT2D eigenvalue weighted by molar-refractivity contribution is 7.84. The van der Waals surface area contributed by atoms with Crippen LogP contribution in [0.1, 0.15) is 12.7 Å². The fourth-order valence-electron chi connectivity index (χ4n) is 1.71. The highest BCUT2D eigenvalue weighted by Crippen LogP contribution is 2.19. The first-order valence-electron chi connectivity index (χ1n) is 5.57. The van der Waals surface area contributed by atoms with Crippen molar-refractivity contribution in [1.82, 2.24) is 14.5 Å². The molecule has 98 valence electrons. The predicted molar refractivity (Wildman–Crippen MR) is 75.6 cm³/mol. The van der Waals surface area contributed by atoms with Crippen LogP contribution in [0.15, 0.2) is 12.3 Å². The van der Waals surface area contributed by atoms with Gasteiger partial charge in [0.1, 0.15) is 11.3 Å². The molecule has 2 aromatic heterocycles. The molecule has 0 aliphatic rings. The van der Waals surface area contributed by atoms with Gasteiger partial charge in [-0.25, -0.2) is 9.97 Å². The molecular weight excluding hydrogens is 293 g/mol. The molecule has 0 spiro atoms. The first kappa shape index (κ1) is 13.8. The Morgan fingerprint density at radius 1 is 1.50 bits per heavy atom. The number of pyridine rings is 1. The predicted octanol–water partition coefficient (Wildman–Crippen LogP) is 2.59. The van der Waals surface area contributed by atoms with Crippen LogP contribution in [0.25, 0.3) is 11.2 Å². The average Bonchev–Trinajstić information content (AvgIpc) is 2.72. The number of alkyl halides is 1. The Bertz CT molecular complexity index is 585. The Kier molecular flexibility index (Phi) is 4.59. The second kappa shape index (κ2) is 5.99. The fraction of sp³-hybridized carbons (Fsp3) is 0.455. The Morgan fingerprint density at radius 2 is 2.28 bits per heavy atom. The Labute approximate surface area is 118 Å². The molecule has 0 aliphatic heterocycles. The van der Waals surface area contributed by atoms with Crippen LogP contribution in [0.5, 0.6) is 0 Å². The number of nitrogens with zero attached hydrogens (tertiary/aromatic N) is 3. The van der Waals surface area contributed by atoms with Crippen LogP contribution in [0, 0.1) is 0 Å². The van der Waals surface area contributed by atoms with E-state index in [0.29, 0.717) is 29.0 Å². The molecular formula is C11H13Cl2N3OS. The van der Waals surface area contributed by atoms with Gasteiger partial charge < -0.3 is 4.57 Å². The van der Waals surface area contributed by atoms with Gasteiger partial charge in [0.15, 0.2) is 5.65 Å². The third kappa shape index (κ3) is 2.84. The molecule has 2 heterocycles. The molecule has 0 saturated carbocycles. The maximum atomic E-state index is 11.5. The van der Waals surface area contributed by atoms with Crippen molar-refractivity contribution < 1.29 is 4.21 Å². The lowest BCUT2D eigenvalue weighted by Crippen LogP contribution is -2.11. The number of aromatic nitrogens is 3. The molecule has 2 rings (SSSR count). The van der Waals surface area contributed by atoms with Crippen molar-refractivity contribution in [2.45, 2.75) is 19.3 Å². The number of imidazole rings is 1. The van der Waals surface area contributed by atoms with Crippen LogP contribution < -0.4 is 0 Å². The Morgan fingerprint density at radius 3 is 2.94 bits per heavy atom. The number of rotatable bonds is 5. The molecule has 0 amide bonds. The molecule has 18 heavy (non-hydrogen) atoms. The monoisotopic (exact) mass is 305 g/mol. The van der Waals surface area contributed by atoms with E-state index in [1.54, 1.807) is 12.3 Å². The SMILES string of the molecule is CCS(=O)CCn1c(CCl)nc2cc(Cl)cnc21. The largest absolute Gasteiger partial charge is 0.311 e. The molecule has 7 heteroatoms. The summed E-state index contributed by atoms with van der Waals surface area (Å²) >= 11 is 11.8. The van der Waals surface area contributed by atoms with Crippen molar-refractivity contribution in [1.29, 1.82) is 0 Å². The summed E-state index contributed by atoms with van der Waals surface area (Å²) in [5.41, 5.74) is 1.46. The zero-order valence-electron chi connectivity index (χ0n) is 9.90. The normalized spacial score (nSPS) is 13.1. The molecule has 2 aromatic rings. The number of halogens is 2. The van der Waals surface area contributed by atoms with E-state index in [9.17, 15) is 4.21 Å². The van der Waals surface area contributed by atoms with Gasteiger partial charge in [-0.15, -0.1) is 11.6 Å². The number of hydrogen-bond acceptors (Lipinski definition) is 3. The minimum absolute atomic E-state index is 0.298. The minimum Gasteiger partial charge on any atom is -0.311 e. The number of aryl methyl sites for hydroxylation is 1. The van der Waals surface area contributed by atoms with Crippen LogP contribution in [0.2, 0.25) is 5.02 Å². The van der Waals surface area contributed by atoms with Crippen LogP contribution in [-0.2, 0) is 23.2 Å². The first-order valence-corrected chi connectivity index (χ1v) is 7.97. The van der Waals surface area contributed by atoms with Crippen molar-refractivity contribution in [3.63, 3.8) is 0 Å². The lowest BCUT2D eigenvalue weighted by atomic mass is 10.4. The summed E-state index contributed by atoms with van der Waals surface area (Å²) in [6, 6.07) is 1.76. The molecule has 0 aliphatic carbocycles. The summed E-state index contributed by atoms with van der Waals surface area (Å²) in [6.45, 7) is 2.51. The van der Waals surface area contributed by atoms with Crippen molar-refractivity contribution in [2.75, 3.05) is 11.5 Å². The van der Waals surface area contributed by atoms with E-state index in [1.807, 2.05) is 11.5 Å². The molecule has 0 fully saturated rings. The maximum absolute atomic E-state index is 11.5. The molecule has 0 bridgehead atoms. The van der Waals surface area contributed by atoms with Crippen molar-refractivity contribution >= 4 is 45.2 Å². The van der Waals surface area contributed by atoms with Crippen LogP contribution >= 0.6 is 23.2 Å². The molecule has 4 nitrogen and oxygen atoms in total. The van der Waals surface area contributed by atoms with Crippen molar-refractivity contribution in [3.05, 3.63) is 23.1 Å². The van der Waals surface area contributed by atoms with Gasteiger partial charge in [0, 0.05) is 35.0 Å². The van der Waals surface area contributed by atoms with Gasteiger partial charge in [-0.05, 0) is 6.07 Å². The van der Waals surface area contributed by atoms with Crippen molar-refractivity contribution in [2.24, 2.45) is 0 Å². The van der Waals surface area contributed by atoms with Gasteiger partial charge >= 0.3 is 0 Å². The van der Waals surface area contributed by atoms with E-state index in [2.05, 4.69) is 9.97 Å². The zero-order chi connectivity index (χ0) is 13.1. The van der Waals surface area contributed by atoms with Crippen molar-refractivity contribution in [3.8, 4) is 0 Å². The Balaban J connectivity index is 2.37. The lowest BCUT2D eigenvalue weighted by Gasteiger charge is -2.06. The van der Waals surface area contributed by atoms with Gasteiger partial charge in [0.2, 0.25) is 0 Å². The van der Waals surface area contributed by atoms with E-state index in [4.69, 9.17) is 23.2 Å². The van der Waals surface area contributed by atoms with Gasteiger partial charge in [-0.2, -0.15) is 0 Å². The summed E-state index contributed by atoms with van der Waals surface area (Å²) in [5, 5.41) is 0.547. The highest BCUT2D eigenvalue weighted by Gasteiger charge is 2.12. The van der Waals surface area contributed by atoms with Crippen LogP contribution in [0.4, 0.5) is 0 Å². The summed E-state index contributed by atoms with van der Waals surface area (Å²) in [6.07, 6.45) is 1.58. The van der Waals surface area contributed by atoms with E-state index in [0.717, 1.165) is 17.0 Å². The third-order valence-electron chi connectivity index (χ3n) is 2.61. The fourth-order valence-corrected chi connectivity index (χ4v) is 2.74. The smallest absolute Gasteiger partial charge is 0.160 e. The molecule has 0 aromatic carbocycles. The topological polar surface area (TPSA) is 47.8 Å². The van der Waals surface area contributed by atoms with E-state index in [-0.39, 0.29) is 0 Å². The zero-order valence-corrected chi connectivity index (χ0v) is 12.2. The Hall–Kier alpha value is -0.650. The van der Waals surface area contributed by atoms with Gasteiger partial charge in [-0.1, -0.05) is 18.5 Å². The molecule has 1 atom stereocenters.